The fraction of sp³-hybridized carbons (Fsp3) is 0.765. The summed E-state index contributed by atoms with van der Waals surface area (Å²) in [5, 5.41) is 0. The lowest BCUT2D eigenvalue weighted by Crippen LogP contribution is -2.59. The fourth-order valence-electron chi connectivity index (χ4n) is 4.39. The van der Waals surface area contributed by atoms with Crippen molar-refractivity contribution in [3.63, 3.8) is 0 Å². The molecule has 24 heavy (non-hydrogen) atoms. The molecule has 1 aromatic heterocycles. The van der Waals surface area contributed by atoms with Gasteiger partial charge < -0.3 is 4.90 Å². The summed E-state index contributed by atoms with van der Waals surface area (Å²) in [4.78, 5) is 25.3. The maximum Gasteiger partial charge on any atom is 0.236 e. The zero-order chi connectivity index (χ0) is 16.7. The highest BCUT2D eigenvalue weighted by Gasteiger charge is 2.35. The molecule has 0 saturated carbocycles. The second-order valence-corrected chi connectivity index (χ2v) is 8.97. The molecule has 2 saturated heterocycles. The Morgan fingerprint density at radius 3 is 3.08 bits per heavy atom. The Morgan fingerprint density at radius 1 is 1.33 bits per heavy atom. The Morgan fingerprint density at radius 2 is 2.21 bits per heavy atom. The quantitative estimate of drug-likeness (QED) is 0.802. The SMILES string of the molecule is CC1CCCC2CN(C(=O)CN3CCc4nc(Cl)sc4C3)CCN12. The van der Waals surface area contributed by atoms with Crippen LogP contribution in [0.3, 0.4) is 0 Å². The zero-order valence-corrected chi connectivity index (χ0v) is 15.8. The normalized spacial score (nSPS) is 28.5. The molecule has 0 aromatic carbocycles. The van der Waals surface area contributed by atoms with Gasteiger partial charge in [0.1, 0.15) is 0 Å². The molecule has 7 heteroatoms. The van der Waals surface area contributed by atoms with Gasteiger partial charge in [-0.2, -0.15) is 0 Å². The molecule has 0 bridgehead atoms. The van der Waals surface area contributed by atoms with Crippen LogP contribution < -0.4 is 0 Å². The first-order valence-electron chi connectivity index (χ1n) is 9.00. The van der Waals surface area contributed by atoms with Gasteiger partial charge >= 0.3 is 0 Å². The lowest BCUT2D eigenvalue weighted by Gasteiger charge is -2.47. The van der Waals surface area contributed by atoms with E-state index in [0.717, 1.165) is 44.8 Å². The summed E-state index contributed by atoms with van der Waals surface area (Å²) >= 11 is 7.56. The van der Waals surface area contributed by atoms with E-state index in [1.54, 1.807) is 11.3 Å². The summed E-state index contributed by atoms with van der Waals surface area (Å²) in [7, 11) is 0. The monoisotopic (exact) mass is 368 g/mol. The molecule has 1 amide bonds. The standard InChI is InChI=1S/C17H25ClN4OS/c1-12-3-2-4-13-9-21(7-8-22(12)13)16(23)11-20-6-5-14-15(10-20)24-17(18)19-14/h12-13H,2-11H2,1H3. The van der Waals surface area contributed by atoms with Crippen molar-refractivity contribution >= 4 is 28.8 Å². The number of carbonyl (C=O) groups excluding carboxylic acids is 1. The average Bonchev–Trinajstić information content (AvgIpc) is 2.94. The van der Waals surface area contributed by atoms with Gasteiger partial charge in [0, 0.05) is 56.1 Å². The van der Waals surface area contributed by atoms with E-state index in [2.05, 4.69) is 26.6 Å². The first-order valence-corrected chi connectivity index (χ1v) is 10.2. The van der Waals surface area contributed by atoms with E-state index in [1.807, 2.05) is 0 Å². The van der Waals surface area contributed by atoms with Crippen LogP contribution in [0.25, 0.3) is 0 Å². The van der Waals surface area contributed by atoms with Gasteiger partial charge in [-0.3, -0.25) is 14.6 Å². The second kappa shape index (κ2) is 6.90. The average molecular weight is 369 g/mol. The van der Waals surface area contributed by atoms with Gasteiger partial charge in [-0.1, -0.05) is 18.0 Å². The number of piperazine rings is 1. The fourth-order valence-corrected chi connectivity index (χ4v) is 5.64. The number of hydrogen-bond acceptors (Lipinski definition) is 5. The van der Waals surface area contributed by atoms with E-state index in [4.69, 9.17) is 11.6 Å². The Balaban J connectivity index is 1.34. The molecule has 5 nitrogen and oxygen atoms in total. The summed E-state index contributed by atoms with van der Waals surface area (Å²) in [6.07, 6.45) is 4.74. The van der Waals surface area contributed by atoms with E-state index < -0.39 is 0 Å². The summed E-state index contributed by atoms with van der Waals surface area (Å²) in [5.74, 6) is 0.284. The van der Waals surface area contributed by atoms with Crippen LogP contribution in [0.4, 0.5) is 0 Å². The zero-order valence-electron chi connectivity index (χ0n) is 14.2. The van der Waals surface area contributed by atoms with Crippen LogP contribution >= 0.6 is 22.9 Å². The Hall–Kier alpha value is -0.690. The number of fused-ring (bicyclic) bond motifs is 2. The molecule has 0 N–H and O–H groups in total. The van der Waals surface area contributed by atoms with E-state index in [0.29, 0.717) is 23.1 Å². The van der Waals surface area contributed by atoms with E-state index in [9.17, 15) is 4.79 Å². The third kappa shape index (κ3) is 3.34. The molecule has 0 aliphatic carbocycles. The summed E-state index contributed by atoms with van der Waals surface area (Å²) in [6.45, 7) is 7.39. The Labute approximate surface area is 152 Å². The maximum atomic E-state index is 12.8. The minimum Gasteiger partial charge on any atom is -0.339 e. The summed E-state index contributed by atoms with van der Waals surface area (Å²) in [6, 6.07) is 1.25. The van der Waals surface area contributed by atoms with Crippen LogP contribution in [0.1, 0.15) is 36.8 Å². The van der Waals surface area contributed by atoms with Crippen LogP contribution in [0.15, 0.2) is 0 Å². The molecule has 2 unspecified atom stereocenters. The number of thiazole rings is 1. The number of rotatable bonds is 2. The van der Waals surface area contributed by atoms with Crippen molar-refractivity contribution in [1.82, 2.24) is 19.7 Å². The molecule has 4 heterocycles. The van der Waals surface area contributed by atoms with Gasteiger partial charge in [-0.15, -0.1) is 11.3 Å². The van der Waals surface area contributed by atoms with Gasteiger partial charge in [-0.25, -0.2) is 4.98 Å². The van der Waals surface area contributed by atoms with Crippen molar-refractivity contribution in [3.8, 4) is 0 Å². The molecule has 2 fully saturated rings. The van der Waals surface area contributed by atoms with Crippen molar-refractivity contribution in [2.75, 3.05) is 32.7 Å². The number of aromatic nitrogens is 1. The minimum absolute atomic E-state index is 0.284. The second-order valence-electron chi connectivity index (χ2n) is 7.31. The van der Waals surface area contributed by atoms with Crippen LogP contribution in [-0.2, 0) is 17.8 Å². The van der Waals surface area contributed by atoms with Gasteiger partial charge in [0.15, 0.2) is 4.47 Å². The van der Waals surface area contributed by atoms with Crippen LogP contribution in [0.2, 0.25) is 4.47 Å². The number of amides is 1. The lowest BCUT2D eigenvalue weighted by molar-refractivity contribution is -0.136. The van der Waals surface area contributed by atoms with E-state index >= 15 is 0 Å². The van der Waals surface area contributed by atoms with E-state index in [1.165, 1.54) is 24.1 Å². The molecule has 0 radical (unpaired) electrons. The predicted octanol–water partition coefficient (Wildman–Crippen LogP) is 2.24. The summed E-state index contributed by atoms with van der Waals surface area (Å²) in [5.41, 5.74) is 1.12. The molecule has 4 rings (SSSR count). The molecule has 3 aliphatic heterocycles. The van der Waals surface area contributed by atoms with Gasteiger partial charge in [-0.05, 0) is 19.8 Å². The highest BCUT2D eigenvalue weighted by molar-refractivity contribution is 7.15. The highest BCUT2D eigenvalue weighted by atomic mass is 35.5. The maximum absolute atomic E-state index is 12.8. The molecular weight excluding hydrogens is 344 g/mol. The Bertz CT molecular complexity index is 622. The third-order valence-corrected chi connectivity index (χ3v) is 6.94. The van der Waals surface area contributed by atoms with Crippen molar-refractivity contribution in [2.45, 2.75) is 51.2 Å². The van der Waals surface area contributed by atoms with Crippen LogP contribution in [-0.4, -0.2) is 70.4 Å². The Kier molecular flexibility index (Phi) is 4.82. The molecule has 0 spiro atoms. The number of carbonyl (C=O) groups is 1. The minimum atomic E-state index is 0.284. The van der Waals surface area contributed by atoms with Crippen molar-refractivity contribution in [2.24, 2.45) is 0 Å². The lowest BCUT2D eigenvalue weighted by atomic mass is 9.94. The smallest absolute Gasteiger partial charge is 0.236 e. The van der Waals surface area contributed by atoms with Crippen molar-refractivity contribution < 1.29 is 4.79 Å². The highest BCUT2D eigenvalue weighted by Crippen LogP contribution is 2.28. The van der Waals surface area contributed by atoms with Gasteiger partial charge in [0.05, 0.1) is 12.2 Å². The first-order chi connectivity index (χ1) is 11.6. The van der Waals surface area contributed by atoms with Crippen molar-refractivity contribution in [1.29, 1.82) is 0 Å². The molecular formula is C17H25ClN4OS. The number of halogens is 1. The molecule has 1 aromatic rings. The number of nitrogens with zero attached hydrogens (tertiary/aromatic N) is 4. The van der Waals surface area contributed by atoms with Gasteiger partial charge in [0.25, 0.3) is 0 Å². The summed E-state index contributed by atoms with van der Waals surface area (Å²) < 4.78 is 0.621. The molecule has 2 atom stereocenters. The number of hydrogen-bond donors (Lipinski definition) is 0. The van der Waals surface area contributed by atoms with Crippen LogP contribution in [0.5, 0.6) is 0 Å². The molecule has 3 aliphatic rings. The van der Waals surface area contributed by atoms with Crippen LogP contribution in [0, 0.1) is 0 Å². The largest absolute Gasteiger partial charge is 0.339 e. The number of piperidine rings is 1. The predicted molar refractivity (Wildman–Crippen MR) is 96.5 cm³/mol. The first kappa shape index (κ1) is 16.8. The van der Waals surface area contributed by atoms with Crippen molar-refractivity contribution in [3.05, 3.63) is 15.0 Å². The van der Waals surface area contributed by atoms with Gasteiger partial charge in [0.2, 0.25) is 5.91 Å². The van der Waals surface area contributed by atoms with E-state index in [-0.39, 0.29) is 5.91 Å². The topological polar surface area (TPSA) is 39.7 Å². The third-order valence-electron chi connectivity index (χ3n) is 5.75. The molecule has 132 valence electrons.